The molecule has 3 saturated heterocycles. The van der Waals surface area contributed by atoms with E-state index in [2.05, 4.69) is 20.0 Å². The van der Waals surface area contributed by atoms with Crippen molar-refractivity contribution in [2.45, 2.75) is 68.9 Å². The molecule has 1 N–H and O–H groups in total. The SMILES string of the molecule is CN1[C@@H]2CC[C@H]1[C@H](F)[C@H](N(c1ccc(-c3cc4oc(C(=O)N5CCC5)cc4cc3O)nn1)C1CC1)C2. The lowest BCUT2D eigenvalue weighted by Crippen LogP contribution is -2.57. The largest absolute Gasteiger partial charge is 0.507 e. The summed E-state index contributed by atoms with van der Waals surface area (Å²) in [7, 11) is 2.05. The summed E-state index contributed by atoms with van der Waals surface area (Å²) in [6.45, 7) is 1.49. The molecule has 0 spiro atoms. The first-order valence-electron chi connectivity index (χ1n) is 13.0. The molecule has 1 amide bonds. The van der Waals surface area contributed by atoms with Gasteiger partial charge in [0.05, 0.1) is 11.7 Å². The maximum Gasteiger partial charge on any atom is 0.289 e. The van der Waals surface area contributed by atoms with E-state index in [4.69, 9.17) is 4.42 Å². The number of rotatable bonds is 5. The van der Waals surface area contributed by atoms with Crippen LogP contribution in [0.2, 0.25) is 0 Å². The minimum atomic E-state index is -0.908. The van der Waals surface area contributed by atoms with E-state index in [0.717, 1.165) is 51.6 Å². The number of phenols is 1. The second-order valence-electron chi connectivity index (χ2n) is 10.8. The predicted molar refractivity (Wildman–Crippen MR) is 133 cm³/mol. The zero-order valence-electron chi connectivity index (χ0n) is 20.3. The lowest BCUT2D eigenvalue weighted by atomic mass is 9.94. The summed E-state index contributed by atoms with van der Waals surface area (Å²) in [5.41, 5.74) is 1.50. The molecule has 9 heteroatoms. The van der Waals surface area contributed by atoms with Crippen molar-refractivity contribution in [1.82, 2.24) is 20.0 Å². The molecule has 1 aliphatic carbocycles. The number of benzene rings is 1. The molecule has 188 valence electrons. The van der Waals surface area contributed by atoms with E-state index >= 15 is 4.39 Å². The second-order valence-corrected chi connectivity index (χ2v) is 10.8. The van der Waals surface area contributed by atoms with Crippen LogP contribution in [0.25, 0.3) is 22.2 Å². The first kappa shape index (κ1) is 22.0. The van der Waals surface area contributed by atoms with Gasteiger partial charge in [0, 0.05) is 42.2 Å². The molecule has 8 nitrogen and oxygen atoms in total. The highest BCUT2D eigenvalue weighted by atomic mass is 19.1. The monoisotopic (exact) mass is 491 g/mol. The van der Waals surface area contributed by atoms with Crippen LogP contribution < -0.4 is 4.90 Å². The standard InChI is InChI=1S/C27H30FN5O3/c1-31-17-5-7-20(31)26(28)21(13-17)33(16-3-4-16)25-8-6-19(29-30-25)18-14-23-15(11-22(18)34)12-24(36-23)27(35)32-9-2-10-32/h6,8,11-12,14,16-17,20-21,26,34H,2-5,7,9-10,13H2,1H3/t17-,20+,21-,26+/m1/s1. The van der Waals surface area contributed by atoms with Crippen LogP contribution in [-0.2, 0) is 0 Å². The van der Waals surface area contributed by atoms with Crippen LogP contribution in [0.15, 0.2) is 34.7 Å². The van der Waals surface area contributed by atoms with Gasteiger partial charge in [0.1, 0.15) is 17.5 Å². The number of fused-ring (bicyclic) bond motifs is 3. The maximum atomic E-state index is 15.6. The fourth-order valence-electron chi connectivity index (χ4n) is 6.29. The Balaban J connectivity index is 1.17. The van der Waals surface area contributed by atoms with Gasteiger partial charge >= 0.3 is 0 Å². The quantitative estimate of drug-likeness (QED) is 0.578. The van der Waals surface area contributed by atoms with Gasteiger partial charge in [0.25, 0.3) is 5.91 Å². The molecule has 4 aliphatic rings. The average molecular weight is 492 g/mol. The number of nitrogens with zero attached hydrogens (tertiary/aromatic N) is 5. The molecule has 0 radical (unpaired) electrons. The first-order chi connectivity index (χ1) is 17.5. The number of hydrogen-bond acceptors (Lipinski definition) is 7. The molecule has 5 heterocycles. The van der Waals surface area contributed by atoms with Gasteiger partial charge in [-0.05, 0) is 75.9 Å². The highest BCUT2D eigenvalue weighted by Gasteiger charge is 2.50. The van der Waals surface area contributed by atoms with Crippen molar-refractivity contribution in [2.24, 2.45) is 0 Å². The Morgan fingerprint density at radius 1 is 1.14 bits per heavy atom. The number of hydrogen-bond donors (Lipinski definition) is 1. The molecule has 4 atom stereocenters. The number of piperidine rings is 1. The van der Waals surface area contributed by atoms with E-state index in [-0.39, 0.29) is 29.5 Å². The number of amides is 1. The molecule has 2 aromatic heterocycles. The number of likely N-dealkylation sites (tertiary alicyclic amines) is 1. The fourth-order valence-corrected chi connectivity index (χ4v) is 6.29. The Labute approximate surface area is 208 Å². The molecule has 3 aromatic rings. The van der Waals surface area contributed by atoms with Crippen molar-refractivity contribution in [3.05, 3.63) is 36.1 Å². The number of carbonyl (C=O) groups excluding carboxylic acids is 1. The van der Waals surface area contributed by atoms with Crippen LogP contribution >= 0.6 is 0 Å². The Hall–Kier alpha value is -3.20. The summed E-state index contributed by atoms with van der Waals surface area (Å²) >= 11 is 0. The van der Waals surface area contributed by atoms with Gasteiger partial charge in [-0.3, -0.25) is 9.69 Å². The molecule has 3 aliphatic heterocycles. The van der Waals surface area contributed by atoms with Crippen LogP contribution in [0.4, 0.5) is 10.2 Å². The highest BCUT2D eigenvalue weighted by molar-refractivity contribution is 5.97. The van der Waals surface area contributed by atoms with Gasteiger partial charge in [-0.1, -0.05) is 0 Å². The van der Waals surface area contributed by atoms with Gasteiger partial charge in [-0.2, -0.15) is 0 Å². The van der Waals surface area contributed by atoms with E-state index in [0.29, 0.717) is 40.1 Å². The summed E-state index contributed by atoms with van der Waals surface area (Å²) in [4.78, 5) is 18.7. The molecule has 2 bridgehead atoms. The third kappa shape index (κ3) is 3.47. The van der Waals surface area contributed by atoms with E-state index in [9.17, 15) is 9.90 Å². The van der Waals surface area contributed by atoms with Crippen molar-refractivity contribution in [1.29, 1.82) is 0 Å². The van der Waals surface area contributed by atoms with Crippen LogP contribution in [0.3, 0.4) is 0 Å². The van der Waals surface area contributed by atoms with Crippen LogP contribution in [0, 0.1) is 0 Å². The number of anilines is 1. The number of carbonyl (C=O) groups is 1. The van der Waals surface area contributed by atoms with Crippen molar-refractivity contribution in [3.63, 3.8) is 0 Å². The van der Waals surface area contributed by atoms with Crippen LogP contribution in [-0.4, -0.2) is 81.5 Å². The van der Waals surface area contributed by atoms with Crippen LogP contribution in [0.1, 0.15) is 49.1 Å². The Morgan fingerprint density at radius 2 is 1.97 bits per heavy atom. The molecule has 36 heavy (non-hydrogen) atoms. The first-order valence-corrected chi connectivity index (χ1v) is 13.0. The number of aromatic nitrogens is 2. The van der Waals surface area contributed by atoms with E-state index in [1.165, 1.54) is 0 Å². The number of alkyl halides is 1. The summed E-state index contributed by atoms with van der Waals surface area (Å²) in [5, 5.41) is 20.3. The lowest BCUT2D eigenvalue weighted by molar-refractivity contribution is 0.0621. The van der Waals surface area contributed by atoms with Crippen molar-refractivity contribution >= 4 is 22.7 Å². The normalized spacial score (nSPS) is 27.9. The minimum Gasteiger partial charge on any atom is -0.507 e. The number of furan rings is 1. The molecule has 0 unspecified atom stereocenters. The third-order valence-electron chi connectivity index (χ3n) is 8.62. The van der Waals surface area contributed by atoms with Gasteiger partial charge in [0.2, 0.25) is 0 Å². The molecule has 7 rings (SSSR count). The lowest BCUT2D eigenvalue weighted by Gasteiger charge is -2.44. The van der Waals surface area contributed by atoms with Crippen molar-refractivity contribution < 1.29 is 18.7 Å². The van der Waals surface area contributed by atoms with E-state index in [1.807, 2.05) is 19.2 Å². The van der Waals surface area contributed by atoms with Gasteiger partial charge < -0.3 is 19.3 Å². The third-order valence-corrected chi connectivity index (χ3v) is 8.62. The topological polar surface area (TPSA) is 85.9 Å². The Kier molecular flexibility index (Phi) is 4.99. The highest BCUT2D eigenvalue weighted by Crippen LogP contribution is 2.43. The van der Waals surface area contributed by atoms with Gasteiger partial charge in [-0.25, -0.2) is 4.39 Å². The predicted octanol–water partition coefficient (Wildman–Crippen LogP) is 3.98. The smallest absolute Gasteiger partial charge is 0.289 e. The summed E-state index contributed by atoms with van der Waals surface area (Å²) in [6, 6.07) is 9.22. The summed E-state index contributed by atoms with van der Waals surface area (Å²) < 4.78 is 21.4. The zero-order chi connectivity index (χ0) is 24.6. The van der Waals surface area contributed by atoms with E-state index in [1.54, 1.807) is 23.1 Å². The molecular formula is C27H30FN5O3. The maximum absolute atomic E-state index is 15.6. The molecule has 1 aromatic carbocycles. The van der Waals surface area contributed by atoms with Gasteiger partial charge in [0.15, 0.2) is 11.6 Å². The molecular weight excluding hydrogens is 461 g/mol. The fraction of sp³-hybridized carbons (Fsp3) is 0.519. The Bertz CT molecular complexity index is 1320. The second kappa shape index (κ2) is 8.16. The number of aromatic hydroxyl groups is 1. The zero-order valence-corrected chi connectivity index (χ0v) is 20.3. The molecule has 4 fully saturated rings. The summed E-state index contributed by atoms with van der Waals surface area (Å²) in [5.74, 6) is 0.883. The molecule has 1 saturated carbocycles. The summed E-state index contributed by atoms with van der Waals surface area (Å²) in [6.07, 6.45) is 4.98. The van der Waals surface area contributed by atoms with Crippen molar-refractivity contribution in [2.75, 3.05) is 25.0 Å². The number of phenolic OH excluding ortho intramolecular Hbond substituents is 1. The number of halogens is 1. The van der Waals surface area contributed by atoms with Gasteiger partial charge in [-0.15, -0.1) is 10.2 Å². The van der Waals surface area contributed by atoms with Crippen LogP contribution in [0.5, 0.6) is 5.75 Å². The Morgan fingerprint density at radius 3 is 2.67 bits per heavy atom. The van der Waals surface area contributed by atoms with Crippen molar-refractivity contribution in [3.8, 4) is 17.0 Å². The average Bonchev–Trinajstić information content (AvgIpc) is 3.52. The van der Waals surface area contributed by atoms with E-state index < -0.39 is 6.17 Å². The minimum absolute atomic E-state index is 0.0166.